The van der Waals surface area contributed by atoms with E-state index in [-0.39, 0.29) is 0 Å². The van der Waals surface area contributed by atoms with Gasteiger partial charge in [-0.1, -0.05) is 36.0 Å². The van der Waals surface area contributed by atoms with E-state index in [0.717, 1.165) is 17.9 Å². The zero-order chi connectivity index (χ0) is 12.4. The fourth-order valence-electron chi connectivity index (χ4n) is 2.34. The molecular formula is C15H16N2S. The third kappa shape index (κ3) is 2.28. The van der Waals surface area contributed by atoms with Gasteiger partial charge in [0.15, 0.2) is 0 Å². The molecule has 0 radical (unpaired) electrons. The van der Waals surface area contributed by atoms with E-state index >= 15 is 0 Å². The van der Waals surface area contributed by atoms with Crippen molar-refractivity contribution in [3.8, 4) is 0 Å². The maximum Gasteiger partial charge on any atom is 0.106 e. The Morgan fingerprint density at radius 3 is 2.78 bits per heavy atom. The lowest BCUT2D eigenvalue weighted by Crippen LogP contribution is -2.03. The average molecular weight is 256 g/mol. The number of benzene rings is 1. The summed E-state index contributed by atoms with van der Waals surface area (Å²) in [6, 6.07) is 12.6. The Morgan fingerprint density at radius 2 is 2.00 bits per heavy atom. The molecule has 2 N–H and O–H groups in total. The Bertz CT molecular complexity index is 552. The molecular weight excluding hydrogens is 240 g/mol. The average Bonchev–Trinajstić information content (AvgIpc) is 2.86. The minimum absolute atomic E-state index is 0.565. The number of aryl methyl sites for hydroxylation is 2. The quantitative estimate of drug-likeness (QED) is 0.916. The molecule has 3 rings (SSSR count). The van der Waals surface area contributed by atoms with Crippen molar-refractivity contribution in [1.82, 2.24) is 4.98 Å². The summed E-state index contributed by atoms with van der Waals surface area (Å²) >= 11 is 1.71. The number of hydrogen-bond acceptors (Lipinski definition) is 3. The van der Waals surface area contributed by atoms with Crippen molar-refractivity contribution in [2.75, 3.05) is 0 Å². The van der Waals surface area contributed by atoms with Crippen molar-refractivity contribution in [2.24, 2.45) is 5.73 Å². The zero-order valence-corrected chi connectivity index (χ0v) is 11.0. The van der Waals surface area contributed by atoms with Crippen LogP contribution < -0.4 is 5.73 Å². The van der Waals surface area contributed by atoms with Crippen LogP contribution in [0.5, 0.6) is 0 Å². The van der Waals surface area contributed by atoms with Gasteiger partial charge in [0.1, 0.15) is 5.03 Å². The molecule has 2 aromatic rings. The van der Waals surface area contributed by atoms with Crippen molar-refractivity contribution >= 4 is 11.8 Å². The molecule has 1 aliphatic carbocycles. The number of nitrogens with zero attached hydrogens (tertiary/aromatic N) is 1. The monoisotopic (exact) mass is 256 g/mol. The van der Waals surface area contributed by atoms with Gasteiger partial charge in [0, 0.05) is 17.1 Å². The highest BCUT2D eigenvalue weighted by molar-refractivity contribution is 7.99. The highest BCUT2D eigenvalue weighted by Gasteiger charge is 2.16. The Kier molecular flexibility index (Phi) is 3.35. The van der Waals surface area contributed by atoms with Gasteiger partial charge >= 0.3 is 0 Å². The molecule has 1 aromatic carbocycles. The van der Waals surface area contributed by atoms with Crippen LogP contribution in [0, 0.1) is 0 Å². The number of aromatic nitrogens is 1. The fraction of sp³-hybridized carbons (Fsp3) is 0.267. The van der Waals surface area contributed by atoms with Crippen LogP contribution in [0.1, 0.15) is 23.2 Å². The van der Waals surface area contributed by atoms with Crippen LogP contribution >= 0.6 is 11.8 Å². The summed E-state index contributed by atoms with van der Waals surface area (Å²) in [5.41, 5.74) is 9.68. The second-order valence-corrected chi connectivity index (χ2v) is 5.59. The predicted octanol–water partition coefficient (Wildman–Crippen LogP) is 3.18. The molecule has 3 heteroatoms. The molecule has 1 heterocycles. The summed E-state index contributed by atoms with van der Waals surface area (Å²) in [4.78, 5) is 6.02. The van der Waals surface area contributed by atoms with Gasteiger partial charge in [-0.2, -0.15) is 0 Å². The van der Waals surface area contributed by atoms with Gasteiger partial charge in [-0.15, -0.1) is 0 Å². The normalized spacial score (nSPS) is 13.6. The van der Waals surface area contributed by atoms with Crippen LogP contribution in [0.15, 0.2) is 46.3 Å². The van der Waals surface area contributed by atoms with E-state index in [9.17, 15) is 0 Å². The van der Waals surface area contributed by atoms with Gasteiger partial charge in [-0.25, -0.2) is 4.98 Å². The van der Waals surface area contributed by atoms with E-state index in [1.165, 1.54) is 28.1 Å². The highest BCUT2D eigenvalue weighted by atomic mass is 32.2. The standard InChI is InChI=1S/C15H16N2S/c16-10-12-9-11-5-4-8-14(11)17-15(12)18-13-6-2-1-3-7-13/h1-3,6-7,9H,4-5,8,10,16H2. The van der Waals surface area contributed by atoms with E-state index in [4.69, 9.17) is 10.7 Å². The van der Waals surface area contributed by atoms with E-state index in [0.29, 0.717) is 6.54 Å². The Balaban J connectivity index is 1.96. The Morgan fingerprint density at radius 1 is 1.17 bits per heavy atom. The molecule has 0 spiro atoms. The summed E-state index contributed by atoms with van der Waals surface area (Å²) in [5.74, 6) is 0. The number of fused-ring (bicyclic) bond motifs is 1. The molecule has 92 valence electrons. The largest absolute Gasteiger partial charge is 0.326 e. The molecule has 2 nitrogen and oxygen atoms in total. The Labute approximate surface area is 112 Å². The molecule has 0 unspecified atom stereocenters. The molecule has 18 heavy (non-hydrogen) atoms. The first-order valence-electron chi connectivity index (χ1n) is 6.31. The zero-order valence-electron chi connectivity index (χ0n) is 10.2. The molecule has 0 amide bonds. The van der Waals surface area contributed by atoms with E-state index in [1.54, 1.807) is 11.8 Å². The molecule has 1 aliphatic rings. The minimum atomic E-state index is 0.565. The summed E-state index contributed by atoms with van der Waals surface area (Å²) in [5, 5.41) is 1.07. The lowest BCUT2D eigenvalue weighted by atomic mass is 10.1. The van der Waals surface area contributed by atoms with Gasteiger partial charge in [0.05, 0.1) is 0 Å². The predicted molar refractivity (Wildman–Crippen MR) is 74.7 cm³/mol. The van der Waals surface area contributed by atoms with E-state index in [2.05, 4.69) is 30.3 Å². The summed E-state index contributed by atoms with van der Waals surface area (Å²) in [7, 11) is 0. The molecule has 0 atom stereocenters. The lowest BCUT2D eigenvalue weighted by molar-refractivity contribution is 0.884. The van der Waals surface area contributed by atoms with Crippen molar-refractivity contribution in [3.05, 3.63) is 53.2 Å². The first-order chi connectivity index (χ1) is 8.86. The first-order valence-corrected chi connectivity index (χ1v) is 7.13. The van der Waals surface area contributed by atoms with Crippen LogP contribution in [-0.2, 0) is 19.4 Å². The lowest BCUT2D eigenvalue weighted by Gasteiger charge is -2.09. The smallest absolute Gasteiger partial charge is 0.106 e. The van der Waals surface area contributed by atoms with E-state index < -0.39 is 0 Å². The van der Waals surface area contributed by atoms with Gasteiger partial charge < -0.3 is 5.73 Å². The molecule has 1 aromatic heterocycles. The number of rotatable bonds is 3. The van der Waals surface area contributed by atoms with Crippen molar-refractivity contribution < 1.29 is 0 Å². The maximum atomic E-state index is 5.85. The number of pyridine rings is 1. The van der Waals surface area contributed by atoms with Gasteiger partial charge in [-0.05, 0) is 42.5 Å². The second-order valence-electron chi connectivity index (χ2n) is 4.53. The van der Waals surface area contributed by atoms with Crippen LogP contribution in [0.2, 0.25) is 0 Å². The summed E-state index contributed by atoms with van der Waals surface area (Å²) in [6.07, 6.45) is 3.50. The topological polar surface area (TPSA) is 38.9 Å². The van der Waals surface area contributed by atoms with Crippen molar-refractivity contribution in [2.45, 2.75) is 35.7 Å². The second kappa shape index (κ2) is 5.12. The maximum absolute atomic E-state index is 5.85. The van der Waals surface area contributed by atoms with Crippen LogP contribution in [0.4, 0.5) is 0 Å². The highest BCUT2D eigenvalue weighted by Crippen LogP contribution is 2.32. The van der Waals surface area contributed by atoms with Gasteiger partial charge in [-0.3, -0.25) is 0 Å². The molecule has 0 bridgehead atoms. The SMILES string of the molecule is NCc1cc2c(nc1Sc1ccccc1)CCC2. The van der Waals surface area contributed by atoms with Gasteiger partial charge in [0.2, 0.25) is 0 Å². The molecule has 0 saturated carbocycles. The third-order valence-corrected chi connectivity index (χ3v) is 4.32. The van der Waals surface area contributed by atoms with Gasteiger partial charge in [0.25, 0.3) is 0 Å². The third-order valence-electron chi connectivity index (χ3n) is 3.27. The molecule has 0 saturated heterocycles. The minimum Gasteiger partial charge on any atom is -0.326 e. The summed E-state index contributed by atoms with van der Waals surface area (Å²) in [6.45, 7) is 0.565. The fourth-order valence-corrected chi connectivity index (χ4v) is 3.28. The number of hydrogen-bond donors (Lipinski definition) is 1. The van der Waals surface area contributed by atoms with Crippen molar-refractivity contribution in [1.29, 1.82) is 0 Å². The van der Waals surface area contributed by atoms with E-state index in [1.807, 2.05) is 6.07 Å². The number of nitrogens with two attached hydrogens (primary N) is 1. The molecule has 0 aliphatic heterocycles. The first kappa shape index (κ1) is 11.8. The molecule has 0 fully saturated rings. The van der Waals surface area contributed by atoms with Crippen LogP contribution in [0.25, 0.3) is 0 Å². The van der Waals surface area contributed by atoms with Crippen LogP contribution in [0.3, 0.4) is 0 Å². The van der Waals surface area contributed by atoms with Crippen molar-refractivity contribution in [3.63, 3.8) is 0 Å². The Hall–Kier alpha value is -1.32. The summed E-state index contributed by atoms with van der Waals surface area (Å²) < 4.78 is 0. The van der Waals surface area contributed by atoms with Crippen LogP contribution in [-0.4, -0.2) is 4.98 Å².